The van der Waals surface area contributed by atoms with Crippen LogP contribution in [0.3, 0.4) is 0 Å². The number of methoxy groups -OCH3 is 2. The molecule has 1 saturated heterocycles. The van der Waals surface area contributed by atoms with Crippen LogP contribution in [0.25, 0.3) is 0 Å². The molecule has 1 heterocycles. The van der Waals surface area contributed by atoms with Crippen LogP contribution < -0.4 is 4.74 Å². The van der Waals surface area contributed by atoms with Crippen molar-refractivity contribution in [3.63, 3.8) is 0 Å². The van der Waals surface area contributed by atoms with Crippen molar-refractivity contribution in [2.75, 3.05) is 47.0 Å². The van der Waals surface area contributed by atoms with Gasteiger partial charge in [-0.1, -0.05) is 11.6 Å². The number of hydrogen-bond donors (Lipinski definition) is 0. The normalized spacial score (nSPS) is 15.1. The number of benzene rings is 1. The van der Waals surface area contributed by atoms with Crippen LogP contribution in [0.5, 0.6) is 5.75 Å². The number of hydrogen-bond acceptors (Lipinski definition) is 4. The summed E-state index contributed by atoms with van der Waals surface area (Å²) in [5.41, 5.74) is 0.448. The van der Waals surface area contributed by atoms with Gasteiger partial charge in [-0.15, -0.1) is 0 Å². The summed E-state index contributed by atoms with van der Waals surface area (Å²) in [4.78, 5) is 28.4. The highest BCUT2D eigenvalue weighted by atomic mass is 35.5. The summed E-state index contributed by atoms with van der Waals surface area (Å²) in [6, 6.07) is 5.00. The van der Waals surface area contributed by atoms with E-state index in [0.29, 0.717) is 55.5 Å². The summed E-state index contributed by atoms with van der Waals surface area (Å²) in [7, 11) is 3.10. The van der Waals surface area contributed by atoms with Crippen molar-refractivity contribution >= 4 is 23.4 Å². The first kappa shape index (κ1) is 18.5. The Balaban J connectivity index is 2.04. The first-order chi connectivity index (χ1) is 11.6. The van der Waals surface area contributed by atoms with Gasteiger partial charge >= 0.3 is 0 Å². The Morgan fingerprint density at radius 1 is 1.12 bits per heavy atom. The van der Waals surface area contributed by atoms with Crippen molar-refractivity contribution in [1.29, 1.82) is 0 Å². The molecule has 24 heavy (non-hydrogen) atoms. The SMILES string of the molecule is COCCC(=O)N1CCCN(C(=O)c2cc(Cl)ccc2OC)CC1. The third kappa shape index (κ3) is 4.61. The zero-order valence-electron chi connectivity index (χ0n) is 14.1. The minimum Gasteiger partial charge on any atom is -0.496 e. The van der Waals surface area contributed by atoms with Crippen LogP contribution in [0.1, 0.15) is 23.2 Å². The standard InChI is InChI=1S/C17H23ClN2O4/c1-23-11-6-16(21)19-7-3-8-20(10-9-19)17(22)14-12-13(18)4-5-15(14)24-2/h4-5,12H,3,6-11H2,1-2H3. The molecule has 1 fully saturated rings. The Bertz CT molecular complexity index is 594. The van der Waals surface area contributed by atoms with E-state index in [-0.39, 0.29) is 11.8 Å². The second-order valence-electron chi connectivity index (χ2n) is 5.61. The Morgan fingerprint density at radius 3 is 2.54 bits per heavy atom. The summed E-state index contributed by atoms with van der Waals surface area (Å²) in [6.07, 6.45) is 1.11. The highest BCUT2D eigenvalue weighted by molar-refractivity contribution is 6.31. The largest absolute Gasteiger partial charge is 0.496 e. The molecule has 6 nitrogen and oxygen atoms in total. The van der Waals surface area contributed by atoms with E-state index in [2.05, 4.69) is 0 Å². The number of ether oxygens (including phenoxy) is 2. The number of carbonyl (C=O) groups excluding carboxylic acids is 2. The minimum atomic E-state index is -0.124. The van der Waals surface area contributed by atoms with E-state index in [0.717, 1.165) is 6.42 Å². The minimum absolute atomic E-state index is 0.0616. The molecule has 0 unspecified atom stereocenters. The van der Waals surface area contributed by atoms with Gasteiger partial charge in [-0.3, -0.25) is 9.59 Å². The van der Waals surface area contributed by atoms with Gasteiger partial charge in [0, 0.05) is 38.3 Å². The van der Waals surface area contributed by atoms with Crippen molar-refractivity contribution in [3.8, 4) is 5.75 Å². The second kappa shape index (κ2) is 8.89. The number of carbonyl (C=O) groups is 2. The van der Waals surface area contributed by atoms with E-state index in [4.69, 9.17) is 21.1 Å². The number of nitrogens with zero attached hydrogens (tertiary/aromatic N) is 2. The van der Waals surface area contributed by atoms with Gasteiger partial charge in [0.25, 0.3) is 5.91 Å². The molecule has 132 valence electrons. The predicted molar refractivity (Wildman–Crippen MR) is 91.6 cm³/mol. The van der Waals surface area contributed by atoms with Gasteiger partial charge in [0.05, 0.1) is 25.7 Å². The van der Waals surface area contributed by atoms with E-state index in [1.165, 1.54) is 7.11 Å². The van der Waals surface area contributed by atoms with E-state index in [1.807, 2.05) is 0 Å². The van der Waals surface area contributed by atoms with Crippen LogP contribution >= 0.6 is 11.6 Å². The van der Waals surface area contributed by atoms with Gasteiger partial charge in [-0.25, -0.2) is 0 Å². The van der Waals surface area contributed by atoms with E-state index in [9.17, 15) is 9.59 Å². The lowest BCUT2D eigenvalue weighted by molar-refractivity contribution is -0.132. The fourth-order valence-corrected chi connectivity index (χ4v) is 2.91. The maximum atomic E-state index is 12.8. The van der Waals surface area contributed by atoms with Crippen LogP contribution in [0, 0.1) is 0 Å². The molecule has 1 aromatic carbocycles. The molecular formula is C17H23ClN2O4. The van der Waals surface area contributed by atoms with Crippen LogP contribution in [0.15, 0.2) is 18.2 Å². The fourth-order valence-electron chi connectivity index (χ4n) is 2.74. The Labute approximate surface area is 147 Å². The summed E-state index contributed by atoms with van der Waals surface area (Å²) >= 11 is 6.01. The molecule has 1 aliphatic rings. The van der Waals surface area contributed by atoms with Crippen molar-refractivity contribution in [2.24, 2.45) is 0 Å². The van der Waals surface area contributed by atoms with Gasteiger partial charge in [-0.2, -0.15) is 0 Å². The smallest absolute Gasteiger partial charge is 0.257 e. The summed E-state index contributed by atoms with van der Waals surface area (Å²) in [5.74, 6) is 0.439. The first-order valence-electron chi connectivity index (χ1n) is 7.96. The van der Waals surface area contributed by atoms with Crippen LogP contribution in [-0.2, 0) is 9.53 Å². The topological polar surface area (TPSA) is 59.1 Å². The summed E-state index contributed by atoms with van der Waals surface area (Å²) in [6.45, 7) is 2.68. The molecule has 1 aromatic rings. The monoisotopic (exact) mass is 354 g/mol. The molecule has 0 saturated carbocycles. The quantitative estimate of drug-likeness (QED) is 0.812. The van der Waals surface area contributed by atoms with E-state index in [1.54, 1.807) is 35.1 Å². The molecule has 0 aromatic heterocycles. The third-order valence-electron chi connectivity index (χ3n) is 4.05. The highest BCUT2D eigenvalue weighted by Gasteiger charge is 2.24. The number of rotatable bonds is 5. The molecule has 0 radical (unpaired) electrons. The fraction of sp³-hybridized carbons (Fsp3) is 0.529. The summed E-state index contributed by atoms with van der Waals surface area (Å²) in [5, 5.41) is 0.491. The molecule has 0 atom stereocenters. The Kier molecular flexibility index (Phi) is 6.87. The van der Waals surface area contributed by atoms with Crippen molar-refractivity contribution < 1.29 is 19.1 Å². The number of halogens is 1. The van der Waals surface area contributed by atoms with E-state index >= 15 is 0 Å². The Hall–Kier alpha value is -1.79. The molecule has 2 rings (SSSR count). The highest BCUT2D eigenvalue weighted by Crippen LogP contribution is 2.24. The van der Waals surface area contributed by atoms with Crippen molar-refractivity contribution in [3.05, 3.63) is 28.8 Å². The maximum Gasteiger partial charge on any atom is 0.257 e. The number of amides is 2. The lowest BCUT2D eigenvalue weighted by Gasteiger charge is -2.23. The molecule has 0 N–H and O–H groups in total. The van der Waals surface area contributed by atoms with Crippen LogP contribution in [-0.4, -0.2) is 68.6 Å². The average molecular weight is 355 g/mol. The molecule has 0 spiro atoms. The molecule has 0 bridgehead atoms. The van der Waals surface area contributed by atoms with Crippen molar-refractivity contribution in [1.82, 2.24) is 9.80 Å². The van der Waals surface area contributed by atoms with Crippen molar-refractivity contribution in [2.45, 2.75) is 12.8 Å². The van der Waals surface area contributed by atoms with Gasteiger partial charge in [0.15, 0.2) is 0 Å². The molecule has 7 heteroatoms. The van der Waals surface area contributed by atoms with Crippen LogP contribution in [0.2, 0.25) is 5.02 Å². The molecular weight excluding hydrogens is 332 g/mol. The third-order valence-corrected chi connectivity index (χ3v) is 4.28. The van der Waals surface area contributed by atoms with Crippen LogP contribution in [0.4, 0.5) is 0 Å². The summed E-state index contributed by atoms with van der Waals surface area (Å²) < 4.78 is 10.2. The maximum absolute atomic E-state index is 12.8. The predicted octanol–water partition coefficient (Wildman–Crippen LogP) is 2.06. The van der Waals surface area contributed by atoms with Gasteiger partial charge in [0.1, 0.15) is 5.75 Å². The zero-order chi connectivity index (χ0) is 17.5. The van der Waals surface area contributed by atoms with Gasteiger partial charge in [0.2, 0.25) is 5.91 Å². The second-order valence-corrected chi connectivity index (χ2v) is 6.05. The van der Waals surface area contributed by atoms with Gasteiger partial charge in [-0.05, 0) is 24.6 Å². The van der Waals surface area contributed by atoms with Gasteiger partial charge < -0.3 is 19.3 Å². The van der Waals surface area contributed by atoms with E-state index < -0.39 is 0 Å². The molecule has 0 aliphatic carbocycles. The Morgan fingerprint density at radius 2 is 1.83 bits per heavy atom. The molecule has 2 amide bonds. The first-order valence-corrected chi connectivity index (χ1v) is 8.34. The average Bonchev–Trinajstić information content (AvgIpc) is 2.85. The lowest BCUT2D eigenvalue weighted by Crippen LogP contribution is -2.37. The lowest BCUT2D eigenvalue weighted by atomic mass is 10.1. The zero-order valence-corrected chi connectivity index (χ0v) is 14.8. The molecule has 1 aliphatic heterocycles.